The van der Waals surface area contributed by atoms with Gasteiger partial charge in [0.15, 0.2) is 0 Å². The maximum atomic E-state index is 8.59. The Kier molecular flexibility index (Phi) is 3.84. The summed E-state index contributed by atoms with van der Waals surface area (Å²) in [5, 5.41) is 12.4. The molecule has 2 rings (SSSR count). The lowest BCUT2D eigenvalue weighted by Gasteiger charge is -2.13. The molecule has 1 aliphatic rings. The zero-order chi connectivity index (χ0) is 12.3. The Bertz CT molecular complexity index is 432. The molecule has 92 valence electrons. The van der Waals surface area contributed by atoms with Crippen LogP contribution in [-0.2, 0) is 0 Å². The first kappa shape index (κ1) is 12.6. The molecule has 1 saturated carbocycles. The third-order valence-electron chi connectivity index (χ3n) is 3.01. The van der Waals surface area contributed by atoms with Gasteiger partial charge in [0.25, 0.3) is 0 Å². The van der Waals surface area contributed by atoms with E-state index in [1.54, 1.807) is 11.8 Å². The molecule has 1 aliphatic carbocycles. The summed E-state index contributed by atoms with van der Waals surface area (Å²) in [6.07, 6.45) is 2.95. The van der Waals surface area contributed by atoms with Crippen LogP contribution in [0, 0.1) is 5.41 Å². The van der Waals surface area contributed by atoms with Crippen molar-refractivity contribution in [1.82, 2.24) is 0 Å². The van der Waals surface area contributed by atoms with Crippen LogP contribution in [0.5, 0.6) is 0 Å². The van der Waals surface area contributed by atoms with Crippen LogP contribution in [0.3, 0.4) is 0 Å². The third kappa shape index (κ3) is 3.30. The van der Waals surface area contributed by atoms with Crippen LogP contribution in [-0.4, -0.2) is 16.8 Å². The smallest absolute Gasteiger partial charge is 0.139 e. The maximum Gasteiger partial charge on any atom is 0.139 e. The van der Waals surface area contributed by atoms with Crippen LogP contribution >= 0.6 is 23.4 Å². The second-order valence-corrected chi connectivity index (χ2v) is 5.91. The summed E-state index contributed by atoms with van der Waals surface area (Å²) >= 11 is 7.84. The van der Waals surface area contributed by atoms with E-state index in [1.807, 2.05) is 24.3 Å². The monoisotopic (exact) mass is 270 g/mol. The molecule has 0 aromatic heterocycles. The molecule has 0 heterocycles. The van der Waals surface area contributed by atoms with Gasteiger partial charge < -0.3 is 10.9 Å². The summed E-state index contributed by atoms with van der Waals surface area (Å²) in [4.78, 5) is 1.10. The Labute approximate surface area is 110 Å². The van der Waals surface area contributed by atoms with Crippen LogP contribution in [0.2, 0.25) is 5.02 Å². The van der Waals surface area contributed by atoms with Crippen LogP contribution < -0.4 is 5.73 Å². The van der Waals surface area contributed by atoms with Crippen molar-refractivity contribution in [3.8, 4) is 0 Å². The summed E-state index contributed by atoms with van der Waals surface area (Å²) in [5.74, 6) is 1.29. The molecule has 0 aliphatic heterocycles. The minimum absolute atomic E-state index is 0.208. The number of nitrogens with zero attached hydrogens (tertiary/aromatic N) is 1. The normalized spacial score (nSPS) is 18.1. The molecule has 1 fully saturated rings. The molecule has 3 nitrogen and oxygen atoms in total. The number of amidine groups is 1. The molecule has 17 heavy (non-hydrogen) atoms. The van der Waals surface area contributed by atoms with Crippen molar-refractivity contribution in [2.24, 2.45) is 16.3 Å². The van der Waals surface area contributed by atoms with E-state index in [-0.39, 0.29) is 5.41 Å². The summed E-state index contributed by atoms with van der Waals surface area (Å²) in [6.45, 7) is 0. The number of halogens is 1. The molecule has 1 aromatic rings. The number of hydrogen-bond acceptors (Lipinski definition) is 3. The van der Waals surface area contributed by atoms with E-state index in [4.69, 9.17) is 22.5 Å². The molecule has 3 N–H and O–H groups in total. The lowest BCUT2D eigenvalue weighted by Crippen LogP contribution is -2.19. The van der Waals surface area contributed by atoms with E-state index in [0.29, 0.717) is 12.3 Å². The number of nitrogens with two attached hydrogens (primary N) is 1. The predicted molar refractivity (Wildman–Crippen MR) is 71.9 cm³/mol. The fraction of sp³-hybridized carbons (Fsp3) is 0.417. The van der Waals surface area contributed by atoms with Gasteiger partial charge in [-0.1, -0.05) is 28.9 Å². The van der Waals surface area contributed by atoms with Gasteiger partial charge in [0.05, 0.1) is 5.02 Å². The van der Waals surface area contributed by atoms with Gasteiger partial charge in [-0.3, -0.25) is 0 Å². The average Bonchev–Trinajstić information content (AvgIpc) is 3.08. The van der Waals surface area contributed by atoms with E-state index in [1.165, 1.54) is 0 Å². The number of hydrogen-bond donors (Lipinski definition) is 2. The van der Waals surface area contributed by atoms with Crippen molar-refractivity contribution >= 4 is 29.2 Å². The topological polar surface area (TPSA) is 58.6 Å². The van der Waals surface area contributed by atoms with Gasteiger partial charge in [0.2, 0.25) is 0 Å². The van der Waals surface area contributed by atoms with Gasteiger partial charge in [-0.05, 0) is 30.4 Å². The van der Waals surface area contributed by atoms with Crippen LogP contribution in [0.1, 0.15) is 19.3 Å². The maximum absolute atomic E-state index is 8.59. The Morgan fingerprint density at radius 1 is 1.47 bits per heavy atom. The van der Waals surface area contributed by atoms with Gasteiger partial charge in [-0.2, -0.15) is 0 Å². The van der Waals surface area contributed by atoms with Crippen molar-refractivity contribution in [1.29, 1.82) is 0 Å². The highest BCUT2D eigenvalue weighted by Crippen LogP contribution is 2.52. The number of oxime groups is 1. The lowest BCUT2D eigenvalue weighted by atomic mass is 10.1. The van der Waals surface area contributed by atoms with Crippen LogP contribution in [0.25, 0.3) is 0 Å². The van der Waals surface area contributed by atoms with Crippen LogP contribution in [0.4, 0.5) is 0 Å². The number of rotatable bonds is 5. The van der Waals surface area contributed by atoms with Crippen molar-refractivity contribution in [3.05, 3.63) is 29.3 Å². The van der Waals surface area contributed by atoms with Gasteiger partial charge in [0, 0.05) is 17.1 Å². The summed E-state index contributed by atoms with van der Waals surface area (Å²) in [7, 11) is 0. The number of benzene rings is 1. The van der Waals surface area contributed by atoms with E-state index >= 15 is 0 Å². The van der Waals surface area contributed by atoms with Crippen molar-refractivity contribution in [2.45, 2.75) is 24.2 Å². The van der Waals surface area contributed by atoms with Crippen LogP contribution in [0.15, 0.2) is 34.3 Å². The molecular weight excluding hydrogens is 256 g/mol. The highest BCUT2D eigenvalue weighted by molar-refractivity contribution is 7.99. The first-order valence-electron chi connectivity index (χ1n) is 5.49. The molecule has 0 amide bonds. The SMILES string of the molecule is NC(CC1(CSc2ccccc2Cl)CC1)=NO. The predicted octanol–water partition coefficient (Wildman–Crippen LogP) is 3.35. The quantitative estimate of drug-likeness (QED) is 0.284. The van der Waals surface area contributed by atoms with Gasteiger partial charge in [-0.15, -0.1) is 11.8 Å². The fourth-order valence-electron chi connectivity index (χ4n) is 1.76. The van der Waals surface area contributed by atoms with E-state index < -0.39 is 0 Å². The lowest BCUT2D eigenvalue weighted by molar-refractivity contribution is 0.315. The Hall–Kier alpha value is -0.870. The highest BCUT2D eigenvalue weighted by atomic mass is 35.5. The Balaban J connectivity index is 1.92. The van der Waals surface area contributed by atoms with Gasteiger partial charge >= 0.3 is 0 Å². The first-order valence-corrected chi connectivity index (χ1v) is 6.85. The fourth-order valence-corrected chi connectivity index (χ4v) is 3.29. The second-order valence-electron chi connectivity index (χ2n) is 4.49. The van der Waals surface area contributed by atoms with Crippen molar-refractivity contribution in [2.75, 3.05) is 5.75 Å². The minimum Gasteiger partial charge on any atom is -0.409 e. The largest absolute Gasteiger partial charge is 0.409 e. The zero-order valence-electron chi connectivity index (χ0n) is 9.40. The van der Waals surface area contributed by atoms with Gasteiger partial charge in [0.1, 0.15) is 5.84 Å². The van der Waals surface area contributed by atoms with E-state index in [2.05, 4.69) is 5.16 Å². The third-order valence-corrected chi connectivity index (χ3v) is 4.88. The molecular formula is C12H15ClN2OS. The second kappa shape index (κ2) is 5.19. The van der Waals surface area contributed by atoms with Crippen molar-refractivity contribution < 1.29 is 5.21 Å². The molecule has 1 aromatic carbocycles. The molecule has 5 heteroatoms. The first-order chi connectivity index (χ1) is 8.15. The van der Waals surface area contributed by atoms with Crippen molar-refractivity contribution in [3.63, 3.8) is 0 Å². The molecule has 0 unspecified atom stereocenters. The molecule has 0 atom stereocenters. The number of thioether (sulfide) groups is 1. The Morgan fingerprint density at radius 2 is 2.18 bits per heavy atom. The zero-order valence-corrected chi connectivity index (χ0v) is 11.0. The Morgan fingerprint density at radius 3 is 2.76 bits per heavy atom. The minimum atomic E-state index is 0.208. The highest BCUT2D eigenvalue weighted by Gasteiger charge is 2.43. The average molecular weight is 271 g/mol. The summed E-state index contributed by atoms with van der Waals surface area (Å²) < 4.78 is 0. The van der Waals surface area contributed by atoms with E-state index in [0.717, 1.165) is 28.5 Å². The summed E-state index contributed by atoms with van der Waals surface area (Å²) in [5.41, 5.74) is 5.77. The standard InChI is InChI=1S/C12H15ClN2OS/c13-9-3-1-2-4-10(9)17-8-12(5-6-12)7-11(14)15-16/h1-4,16H,5-8H2,(H2,14,15). The molecule has 0 saturated heterocycles. The molecule has 0 spiro atoms. The van der Waals surface area contributed by atoms with Gasteiger partial charge in [-0.25, -0.2) is 0 Å². The molecule has 0 radical (unpaired) electrons. The molecule has 0 bridgehead atoms. The van der Waals surface area contributed by atoms with E-state index in [9.17, 15) is 0 Å². The summed E-state index contributed by atoms with van der Waals surface area (Å²) in [6, 6.07) is 7.83.